The number of nitrogens with zero attached hydrogens (tertiary/aromatic N) is 2. The van der Waals surface area contributed by atoms with Gasteiger partial charge in [0.1, 0.15) is 0 Å². The first kappa shape index (κ1) is 9.64. The highest BCUT2D eigenvalue weighted by Crippen LogP contribution is 2.15. The topological polar surface area (TPSA) is 63.1 Å². The molecule has 0 aliphatic rings. The SMILES string of the molecule is CCc1nccnc1C(C)C(=O)O. The van der Waals surface area contributed by atoms with Crippen molar-refractivity contribution in [1.29, 1.82) is 0 Å². The lowest BCUT2D eigenvalue weighted by Gasteiger charge is -2.08. The van der Waals surface area contributed by atoms with Crippen LogP contribution in [-0.4, -0.2) is 21.0 Å². The fraction of sp³-hybridized carbons (Fsp3) is 0.444. The van der Waals surface area contributed by atoms with E-state index in [9.17, 15) is 4.79 Å². The van der Waals surface area contributed by atoms with Gasteiger partial charge in [0.2, 0.25) is 0 Å². The van der Waals surface area contributed by atoms with Gasteiger partial charge in [0.05, 0.1) is 17.3 Å². The van der Waals surface area contributed by atoms with E-state index < -0.39 is 11.9 Å². The predicted molar refractivity (Wildman–Crippen MR) is 47.5 cm³/mol. The van der Waals surface area contributed by atoms with E-state index in [1.165, 1.54) is 6.20 Å². The normalized spacial score (nSPS) is 12.5. The third-order valence-corrected chi connectivity index (χ3v) is 1.92. The van der Waals surface area contributed by atoms with Gasteiger partial charge in [-0.1, -0.05) is 6.92 Å². The standard InChI is InChI=1S/C9H12N2O2/c1-3-7-8(6(2)9(12)13)11-5-4-10-7/h4-6H,3H2,1-2H3,(H,12,13). The summed E-state index contributed by atoms with van der Waals surface area (Å²) in [6.45, 7) is 3.55. The maximum absolute atomic E-state index is 10.7. The highest BCUT2D eigenvalue weighted by atomic mass is 16.4. The Morgan fingerprint density at radius 3 is 2.69 bits per heavy atom. The molecule has 0 aliphatic carbocycles. The molecule has 1 heterocycles. The Balaban J connectivity index is 3.05. The minimum atomic E-state index is -0.866. The van der Waals surface area contributed by atoms with Crippen molar-refractivity contribution < 1.29 is 9.90 Å². The van der Waals surface area contributed by atoms with Gasteiger partial charge in [-0.05, 0) is 13.3 Å². The number of aromatic nitrogens is 2. The largest absolute Gasteiger partial charge is 0.481 e. The molecular weight excluding hydrogens is 168 g/mol. The molecule has 4 heteroatoms. The van der Waals surface area contributed by atoms with Gasteiger partial charge in [0, 0.05) is 12.4 Å². The maximum Gasteiger partial charge on any atom is 0.312 e. The van der Waals surface area contributed by atoms with Crippen LogP contribution >= 0.6 is 0 Å². The second-order valence-corrected chi connectivity index (χ2v) is 2.80. The van der Waals surface area contributed by atoms with E-state index in [0.29, 0.717) is 12.1 Å². The van der Waals surface area contributed by atoms with Crippen molar-refractivity contribution in [3.63, 3.8) is 0 Å². The van der Waals surface area contributed by atoms with Crippen LogP contribution in [0.15, 0.2) is 12.4 Å². The summed E-state index contributed by atoms with van der Waals surface area (Å²) in [6.07, 6.45) is 3.81. The molecular formula is C9H12N2O2. The van der Waals surface area contributed by atoms with Gasteiger partial charge in [-0.15, -0.1) is 0 Å². The summed E-state index contributed by atoms with van der Waals surface area (Å²) in [5.41, 5.74) is 1.33. The van der Waals surface area contributed by atoms with Crippen LogP contribution in [0.4, 0.5) is 0 Å². The third kappa shape index (κ3) is 2.02. The average molecular weight is 180 g/mol. The lowest BCUT2D eigenvalue weighted by molar-refractivity contribution is -0.138. The maximum atomic E-state index is 10.7. The van der Waals surface area contributed by atoms with Crippen LogP contribution < -0.4 is 0 Å². The van der Waals surface area contributed by atoms with E-state index in [1.54, 1.807) is 13.1 Å². The molecule has 1 rings (SSSR count). The van der Waals surface area contributed by atoms with E-state index in [-0.39, 0.29) is 0 Å². The van der Waals surface area contributed by atoms with Crippen LogP contribution in [0.5, 0.6) is 0 Å². The predicted octanol–water partition coefficient (Wildman–Crippen LogP) is 1.23. The molecule has 13 heavy (non-hydrogen) atoms. The molecule has 0 aromatic carbocycles. The highest BCUT2D eigenvalue weighted by Gasteiger charge is 2.18. The Labute approximate surface area is 76.7 Å². The lowest BCUT2D eigenvalue weighted by atomic mass is 10.0. The van der Waals surface area contributed by atoms with Crippen molar-refractivity contribution in [2.75, 3.05) is 0 Å². The summed E-state index contributed by atoms with van der Waals surface area (Å²) >= 11 is 0. The summed E-state index contributed by atoms with van der Waals surface area (Å²) < 4.78 is 0. The Hall–Kier alpha value is -1.45. The minimum absolute atomic E-state index is 0.567. The monoisotopic (exact) mass is 180 g/mol. The van der Waals surface area contributed by atoms with Gasteiger partial charge in [0.15, 0.2) is 0 Å². The van der Waals surface area contributed by atoms with Gasteiger partial charge >= 0.3 is 5.97 Å². The van der Waals surface area contributed by atoms with Gasteiger partial charge in [0.25, 0.3) is 0 Å². The molecule has 0 spiro atoms. The first-order valence-electron chi connectivity index (χ1n) is 4.19. The molecule has 1 N–H and O–H groups in total. The first-order valence-corrected chi connectivity index (χ1v) is 4.19. The summed E-state index contributed by atoms with van der Waals surface area (Å²) in [5.74, 6) is -1.45. The zero-order chi connectivity index (χ0) is 9.84. The molecule has 4 nitrogen and oxygen atoms in total. The average Bonchev–Trinajstić information content (AvgIpc) is 2.16. The van der Waals surface area contributed by atoms with Gasteiger partial charge < -0.3 is 5.11 Å². The van der Waals surface area contributed by atoms with Crippen LogP contribution in [0.25, 0.3) is 0 Å². The second-order valence-electron chi connectivity index (χ2n) is 2.80. The van der Waals surface area contributed by atoms with E-state index in [2.05, 4.69) is 9.97 Å². The van der Waals surface area contributed by atoms with Crippen LogP contribution in [0.1, 0.15) is 31.2 Å². The number of rotatable bonds is 3. The Kier molecular flexibility index (Phi) is 2.95. The molecule has 0 amide bonds. The number of aryl methyl sites for hydroxylation is 1. The number of hydrogen-bond acceptors (Lipinski definition) is 3. The minimum Gasteiger partial charge on any atom is -0.481 e. The molecule has 1 aromatic rings. The van der Waals surface area contributed by atoms with Crippen LogP contribution in [0, 0.1) is 0 Å². The van der Waals surface area contributed by atoms with Crippen molar-refractivity contribution in [3.8, 4) is 0 Å². The van der Waals surface area contributed by atoms with Crippen molar-refractivity contribution in [3.05, 3.63) is 23.8 Å². The van der Waals surface area contributed by atoms with Crippen LogP contribution in [-0.2, 0) is 11.2 Å². The Bertz CT molecular complexity index is 312. The van der Waals surface area contributed by atoms with E-state index in [4.69, 9.17) is 5.11 Å². The van der Waals surface area contributed by atoms with Gasteiger partial charge in [-0.3, -0.25) is 14.8 Å². The first-order chi connectivity index (χ1) is 6.16. The van der Waals surface area contributed by atoms with Crippen molar-refractivity contribution in [2.24, 2.45) is 0 Å². The number of aliphatic carboxylic acids is 1. The molecule has 0 saturated heterocycles. The van der Waals surface area contributed by atoms with E-state index in [1.807, 2.05) is 6.92 Å². The second kappa shape index (κ2) is 3.98. The molecule has 1 atom stereocenters. The molecule has 1 aromatic heterocycles. The van der Waals surface area contributed by atoms with Crippen molar-refractivity contribution in [2.45, 2.75) is 26.2 Å². The quantitative estimate of drug-likeness (QED) is 0.759. The molecule has 1 unspecified atom stereocenters. The smallest absolute Gasteiger partial charge is 0.312 e. The molecule has 70 valence electrons. The zero-order valence-corrected chi connectivity index (χ0v) is 7.69. The molecule has 0 radical (unpaired) electrons. The van der Waals surface area contributed by atoms with Crippen LogP contribution in [0.2, 0.25) is 0 Å². The molecule has 0 fully saturated rings. The summed E-state index contributed by atoms with van der Waals surface area (Å²) in [6, 6.07) is 0. The van der Waals surface area contributed by atoms with Crippen LogP contribution in [0.3, 0.4) is 0 Å². The number of hydrogen-bond donors (Lipinski definition) is 1. The fourth-order valence-electron chi connectivity index (χ4n) is 1.13. The number of carboxylic acids is 1. The molecule has 0 bridgehead atoms. The molecule has 0 saturated carbocycles. The summed E-state index contributed by atoms with van der Waals surface area (Å²) in [7, 11) is 0. The Morgan fingerprint density at radius 1 is 1.54 bits per heavy atom. The fourth-order valence-corrected chi connectivity index (χ4v) is 1.13. The van der Waals surface area contributed by atoms with Gasteiger partial charge in [-0.2, -0.15) is 0 Å². The summed E-state index contributed by atoms with van der Waals surface area (Å²) in [5, 5.41) is 8.79. The Morgan fingerprint density at radius 2 is 2.15 bits per heavy atom. The van der Waals surface area contributed by atoms with E-state index in [0.717, 1.165) is 5.69 Å². The third-order valence-electron chi connectivity index (χ3n) is 1.92. The summed E-state index contributed by atoms with van der Waals surface area (Å²) in [4.78, 5) is 18.8. The van der Waals surface area contributed by atoms with E-state index >= 15 is 0 Å². The zero-order valence-electron chi connectivity index (χ0n) is 7.69. The lowest BCUT2D eigenvalue weighted by Crippen LogP contribution is -2.12. The number of carbonyl (C=O) groups is 1. The number of carboxylic acid groups (broad SMARTS) is 1. The van der Waals surface area contributed by atoms with Crippen molar-refractivity contribution in [1.82, 2.24) is 9.97 Å². The van der Waals surface area contributed by atoms with Crippen molar-refractivity contribution >= 4 is 5.97 Å². The molecule has 0 aliphatic heterocycles. The van der Waals surface area contributed by atoms with Gasteiger partial charge in [-0.25, -0.2) is 0 Å². The highest BCUT2D eigenvalue weighted by molar-refractivity contribution is 5.75.